The molecule has 0 unspecified atom stereocenters. The second kappa shape index (κ2) is 7.23. The van der Waals surface area contributed by atoms with Crippen molar-refractivity contribution in [2.75, 3.05) is 0 Å². The van der Waals surface area contributed by atoms with Gasteiger partial charge in [-0.15, -0.1) is 0 Å². The molecule has 1 N–H and O–H groups in total. The van der Waals surface area contributed by atoms with Crippen molar-refractivity contribution in [2.45, 2.75) is 46.9 Å². The summed E-state index contributed by atoms with van der Waals surface area (Å²) in [4.78, 5) is 4.46. The van der Waals surface area contributed by atoms with E-state index in [-0.39, 0.29) is 0 Å². The van der Waals surface area contributed by atoms with Gasteiger partial charge in [0.25, 0.3) is 0 Å². The van der Waals surface area contributed by atoms with Gasteiger partial charge in [-0.3, -0.25) is 4.98 Å². The van der Waals surface area contributed by atoms with E-state index in [1.54, 1.807) is 0 Å². The first-order valence-electron chi connectivity index (χ1n) is 7.42. The molecule has 3 heteroatoms. The third kappa shape index (κ3) is 4.87. The van der Waals surface area contributed by atoms with E-state index in [9.17, 15) is 0 Å². The van der Waals surface area contributed by atoms with Crippen LogP contribution >= 0.6 is 0 Å². The van der Waals surface area contributed by atoms with Gasteiger partial charge in [0.2, 0.25) is 0 Å². The molecule has 0 aliphatic heterocycles. The normalized spacial score (nSPS) is 10.9. The molecular formula is C18H24N2O. The lowest BCUT2D eigenvalue weighted by molar-refractivity contribution is 0.299. The van der Waals surface area contributed by atoms with Crippen LogP contribution in [0.4, 0.5) is 0 Å². The van der Waals surface area contributed by atoms with E-state index in [0.29, 0.717) is 12.6 Å². The molecule has 0 aliphatic carbocycles. The maximum absolute atomic E-state index is 5.86. The molecule has 0 saturated heterocycles. The zero-order chi connectivity index (χ0) is 15.2. The van der Waals surface area contributed by atoms with E-state index in [1.165, 1.54) is 11.1 Å². The maximum atomic E-state index is 5.86. The van der Waals surface area contributed by atoms with E-state index < -0.39 is 0 Å². The number of rotatable bonds is 6. The zero-order valence-electron chi connectivity index (χ0n) is 13.3. The Hall–Kier alpha value is -1.87. The summed E-state index contributed by atoms with van der Waals surface area (Å²) in [6.45, 7) is 9.76. The van der Waals surface area contributed by atoms with Crippen molar-refractivity contribution in [1.29, 1.82) is 0 Å². The second-order valence-electron chi connectivity index (χ2n) is 5.75. The van der Waals surface area contributed by atoms with Gasteiger partial charge in [0.15, 0.2) is 0 Å². The summed E-state index contributed by atoms with van der Waals surface area (Å²) in [6, 6.07) is 10.9. The van der Waals surface area contributed by atoms with Crippen LogP contribution in [0.3, 0.4) is 0 Å². The van der Waals surface area contributed by atoms with Crippen LogP contribution < -0.4 is 10.1 Å². The number of nitrogens with one attached hydrogen (secondary N) is 1. The molecule has 0 radical (unpaired) electrons. The molecule has 0 amide bonds. The third-order valence-corrected chi connectivity index (χ3v) is 3.32. The minimum atomic E-state index is 0.484. The molecule has 3 nitrogen and oxygen atoms in total. The molecule has 0 aliphatic rings. The summed E-state index contributed by atoms with van der Waals surface area (Å²) in [6.07, 6.45) is 1.91. The van der Waals surface area contributed by atoms with E-state index in [0.717, 1.165) is 23.6 Å². The quantitative estimate of drug-likeness (QED) is 0.876. The van der Waals surface area contributed by atoms with Gasteiger partial charge in [-0.25, -0.2) is 0 Å². The summed E-state index contributed by atoms with van der Waals surface area (Å²) >= 11 is 0. The predicted molar refractivity (Wildman–Crippen MR) is 86.5 cm³/mol. The van der Waals surface area contributed by atoms with Crippen LogP contribution in [0, 0.1) is 13.8 Å². The van der Waals surface area contributed by atoms with Crippen LogP contribution in [0.5, 0.6) is 5.75 Å². The summed E-state index contributed by atoms with van der Waals surface area (Å²) in [7, 11) is 0. The lowest BCUT2D eigenvalue weighted by Crippen LogP contribution is -2.21. The first-order chi connectivity index (χ1) is 10.0. The Morgan fingerprint density at radius 2 is 1.95 bits per heavy atom. The number of aromatic nitrogens is 1. The Kier molecular flexibility index (Phi) is 5.34. The third-order valence-electron chi connectivity index (χ3n) is 3.32. The van der Waals surface area contributed by atoms with Crippen LogP contribution in [0.1, 0.15) is 36.2 Å². The van der Waals surface area contributed by atoms with E-state index in [4.69, 9.17) is 4.74 Å². The van der Waals surface area contributed by atoms with Gasteiger partial charge >= 0.3 is 0 Å². The van der Waals surface area contributed by atoms with Crippen molar-refractivity contribution in [1.82, 2.24) is 10.3 Å². The maximum Gasteiger partial charge on any atom is 0.130 e. The van der Waals surface area contributed by atoms with E-state index in [1.807, 2.05) is 12.3 Å². The van der Waals surface area contributed by atoms with Gasteiger partial charge in [-0.2, -0.15) is 0 Å². The molecule has 1 aromatic carbocycles. The largest absolute Gasteiger partial charge is 0.487 e. The summed E-state index contributed by atoms with van der Waals surface area (Å²) in [5.41, 5.74) is 4.50. The number of benzene rings is 1. The SMILES string of the molecule is Cc1ccc(C)c(OCc2ccc(CNC(C)C)cn2)c1. The van der Waals surface area contributed by atoms with E-state index in [2.05, 4.69) is 62.3 Å². The number of aryl methyl sites for hydroxylation is 2. The van der Waals surface area contributed by atoms with Gasteiger partial charge in [0, 0.05) is 18.8 Å². The molecule has 21 heavy (non-hydrogen) atoms. The first-order valence-corrected chi connectivity index (χ1v) is 7.42. The topological polar surface area (TPSA) is 34.1 Å². The van der Waals surface area contributed by atoms with Crippen LogP contribution in [-0.4, -0.2) is 11.0 Å². The minimum Gasteiger partial charge on any atom is -0.487 e. The summed E-state index contributed by atoms with van der Waals surface area (Å²) in [5.74, 6) is 0.933. The fourth-order valence-corrected chi connectivity index (χ4v) is 1.98. The van der Waals surface area contributed by atoms with Crippen molar-refractivity contribution in [3.8, 4) is 5.75 Å². The fourth-order valence-electron chi connectivity index (χ4n) is 1.98. The number of pyridine rings is 1. The average Bonchev–Trinajstić information content (AvgIpc) is 2.47. The van der Waals surface area contributed by atoms with Crippen molar-refractivity contribution in [3.63, 3.8) is 0 Å². The highest BCUT2D eigenvalue weighted by molar-refractivity contribution is 5.36. The average molecular weight is 284 g/mol. The number of hydrogen-bond donors (Lipinski definition) is 1. The Morgan fingerprint density at radius 3 is 2.62 bits per heavy atom. The zero-order valence-corrected chi connectivity index (χ0v) is 13.3. The first kappa shape index (κ1) is 15.5. The Labute approximate surface area is 127 Å². The van der Waals surface area contributed by atoms with Crippen LogP contribution in [0.2, 0.25) is 0 Å². The van der Waals surface area contributed by atoms with Crippen LogP contribution in [0.15, 0.2) is 36.5 Å². The second-order valence-corrected chi connectivity index (χ2v) is 5.75. The highest BCUT2D eigenvalue weighted by Gasteiger charge is 2.02. The minimum absolute atomic E-state index is 0.484. The molecule has 2 rings (SSSR count). The molecule has 112 valence electrons. The number of hydrogen-bond acceptors (Lipinski definition) is 3. The van der Waals surface area contributed by atoms with Gasteiger partial charge in [-0.1, -0.05) is 32.0 Å². The van der Waals surface area contributed by atoms with Crippen molar-refractivity contribution < 1.29 is 4.74 Å². The van der Waals surface area contributed by atoms with Crippen molar-refractivity contribution in [2.24, 2.45) is 0 Å². The van der Waals surface area contributed by atoms with Crippen molar-refractivity contribution in [3.05, 3.63) is 58.9 Å². The van der Waals surface area contributed by atoms with Crippen LogP contribution in [0.25, 0.3) is 0 Å². The molecule has 1 aromatic heterocycles. The van der Waals surface area contributed by atoms with Gasteiger partial charge in [-0.05, 0) is 42.7 Å². The Bertz CT molecular complexity index is 576. The van der Waals surface area contributed by atoms with Crippen LogP contribution in [-0.2, 0) is 13.2 Å². The molecule has 0 atom stereocenters. The number of ether oxygens (including phenoxy) is 1. The summed E-state index contributed by atoms with van der Waals surface area (Å²) < 4.78 is 5.86. The Morgan fingerprint density at radius 1 is 1.14 bits per heavy atom. The summed E-state index contributed by atoms with van der Waals surface area (Å²) in [5, 5.41) is 3.38. The van der Waals surface area contributed by atoms with Gasteiger partial charge in [0.05, 0.1) is 5.69 Å². The smallest absolute Gasteiger partial charge is 0.130 e. The monoisotopic (exact) mass is 284 g/mol. The Balaban J connectivity index is 1.93. The molecule has 0 saturated carbocycles. The predicted octanol–water partition coefficient (Wildman–Crippen LogP) is 3.78. The molecule has 0 bridgehead atoms. The van der Waals surface area contributed by atoms with Gasteiger partial charge in [0.1, 0.15) is 12.4 Å². The molecule has 2 aromatic rings. The molecular weight excluding hydrogens is 260 g/mol. The standard InChI is InChI=1S/C18H24N2O/c1-13(2)19-10-16-7-8-17(20-11-16)12-21-18-9-14(3)5-6-15(18)4/h5-9,11,13,19H,10,12H2,1-4H3. The van der Waals surface area contributed by atoms with E-state index >= 15 is 0 Å². The molecule has 1 heterocycles. The highest BCUT2D eigenvalue weighted by Crippen LogP contribution is 2.20. The molecule has 0 fully saturated rings. The fraction of sp³-hybridized carbons (Fsp3) is 0.389. The lowest BCUT2D eigenvalue weighted by atomic mass is 10.1. The van der Waals surface area contributed by atoms with Crippen molar-refractivity contribution >= 4 is 0 Å². The number of nitrogens with zero attached hydrogens (tertiary/aromatic N) is 1. The molecule has 0 spiro atoms. The van der Waals surface area contributed by atoms with Gasteiger partial charge < -0.3 is 10.1 Å². The lowest BCUT2D eigenvalue weighted by Gasteiger charge is -2.11. The highest BCUT2D eigenvalue weighted by atomic mass is 16.5.